The summed E-state index contributed by atoms with van der Waals surface area (Å²) in [4.78, 5) is 0. The lowest BCUT2D eigenvalue weighted by Gasteiger charge is -2.26. The van der Waals surface area contributed by atoms with Gasteiger partial charge in [-0.15, -0.1) is 0 Å². The second kappa shape index (κ2) is 4.46. The molecule has 1 aliphatic carbocycles. The van der Waals surface area contributed by atoms with E-state index >= 15 is 0 Å². The quantitative estimate of drug-likeness (QED) is 0.872. The Labute approximate surface area is 113 Å². The molecule has 0 aromatic heterocycles. The predicted octanol–water partition coefficient (Wildman–Crippen LogP) is 3.54. The van der Waals surface area contributed by atoms with Gasteiger partial charge in [-0.25, -0.2) is 4.39 Å². The van der Waals surface area contributed by atoms with Crippen LogP contribution in [0, 0.1) is 5.82 Å². The van der Waals surface area contributed by atoms with E-state index in [1.807, 2.05) is 6.07 Å². The zero-order valence-electron chi connectivity index (χ0n) is 11.1. The van der Waals surface area contributed by atoms with E-state index in [2.05, 4.69) is 31.2 Å². The standard InChI is InChI=1S/C17H18FN/c1-2-12-4-3-5-14(10-12)17(19)9-8-13-11-15(18)6-7-16(13)17/h3-7,10-11H,2,8-9,19H2,1H3. The van der Waals surface area contributed by atoms with E-state index in [1.54, 1.807) is 6.07 Å². The smallest absolute Gasteiger partial charge is 0.123 e. The van der Waals surface area contributed by atoms with Crippen molar-refractivity contribution < 1.29 is 4.39 Å². The largest absolute Gasteiger partial charge is 0.318 e. The first-order valence-corrected chi connectivity index (χ1v) is 6.80. The number of halogens is 1. The van der Waals surface area contributed by atoms with Crippen molar-refractivity contribution in [2.45, 2.75) is 31.7 Å². The Balaban J connectivity index is 2.10. The second-order valence-electron chi connectivity index (χ2n) is 5.33. The molecule has 2 N–H and O–H groups in total. The highest BCUT2D eigenvalue weighted by atomic mass is 19.1. The van der Waals surface area contributed by atoms with Crippen LogP contribution in [-0.2, 0) is 18.4 Å². The number of benzene rings is 2. The lowest BCUT2D eigenvalue weighted by Crippen LogP contribution is -2.35. The Morgan fingerprint density at radius 1 is 1.21 bits per heavy atom. The predicted molar refractivity (Wildman–Crippen MR) is 75.5 cm³/mol. The van der Waals surface area contributed by atoms with Gasteiger partial charge in [-0.2, -0.15) is 0 Å². The number of hydrogen-bond acceptors (Lipinski definition) is 1. The highest BCUT2D eigenvalue weighted by Gasteiger charge is 2.36. The van der Waals surface area contributed by atoms with Gasteiger partial charge in [0.15, 0.2) is 0 Å². The molecule has 1 atom stereocenters. The van der Waals surface area contributed by atoms with Crippen LogP contribution >= 0.6 is 0 Å². The average Bonchev–Trinajstić information content (AvgIpc) is 2.77. The molecule has 19 heavy (non-hydrogen) atoms. The van der Waals surface area contributed by atoms with Gasteiger partial charge in [-0.05, 0) is 53.6 Å². The van der Waals surface area contributed by atoms with Crippen molar-refractivity contribution in [3.8, 4) is 0 Å². The summed E-state index contributed by atoms with van der Waals surface area (Å²) in [6, 6.07) is 13.4. The summed E-state index contributed by atoms with van der Waals surface area (Å²) < 4.78 is 13.3. The maximum absolute atomic E-state index is 13.3. The third kappa shape index (κ3) is 1.96. The van der Waals surface area contributed by atoms with Gasteiger partial charge in [0, 0.05) is 0 Å². The first-order valence-electron chi connectivity index (χ1n) is 6.80. The number of aryl methyl sites for hydroxylation is 2. The lowest BCUT2D eigenvalue weighted by atomic mass is 9.84. The van der Waals surface area contributed by atoms with Crippen molar-refractivity contribution >= 4 is 0 Å². The van der Waals surface area contributed by atoms with Gasteiger partial charge in [-0.3, -0.25) is 0 Å². The first-order chi connectivity index (χ1) is 9.13. The van der Waals surface area contributed by atoms with E-state index in [9.17, 15) is 4.39 Å². The third-order valence-electron chi connectivity index (χ3n) is 4.19. The van der Waals surface area contributed by atoms with Crippen molar-refractivity contribution in [3.63, 3.8) is 0 Å². The fourth-order valence-corrected chi connectivity index (χ4v) is 3.04. The minimum atomic E-state index is -0.464. The molecule has 0 saturated carbocycles. The molecule has 1 nitrogen and oxygen atoms in total. The molecule has 2 aromatic rings. The van der Waals surface area contributed by atoms with E-state index in [4.69, 9.17) is 5.73 Å². The van der Waals surface area contributed by atoms with Crippen molar-refractivity contribution in [2.24, 2.45) is 5.73 Å². The normalized spacial score (nSPS) is 21.4. The Morgan fingerprint density at radius 3 is 2.84 bits per heavy atom. The summed E-state index contributed by atoms with van der Waals surface area (Å²) in [6.45, 7) is 2.14. The molecule has 2 aromatic carbocycles. The number of rotatable bonds is 2. The van der Waals surface area contributed by atoms with Crippen LogP contribution in [0.2, 0.25) is 0 Å². The molecule has 0 fully saturated rings. The van der Waals surface area contributed by atoms with Gasteiger partial charge in [0.2, 0.25) is 0 Å². The van der Waals surface area contributed by atoms with E-state index in [0.717, 1.165) is 36.0 Å². The van der Waals surface area contributed by atoms with Crippen LogP contribution in [0.5, 0.6) is 0 Å². The molecule has 0 radical (unpaired) electrons. The van der Waals surface area contributed by atoms with Gasteiger partial charge in [0.05, 0.1) is 5.54 Å². The van der Waals surface area contributed by atoms with Crippen molar-refractivity contribution in [1.82, 2.24) is 0 Å². The molecule has 0 heterocycles. The maximum Gasteiger partial charge on any atom is 0.123 e. The van der Waals surface area contributed by atoms with Crippen LogP contribution in [0.15, 0.2) is 42.5 Å². The van der Waals surface area contributed by atoms with Crippen LogP contribution in [0.3, 0.4) is 0 Å². The highest BCUT2D eigenvalue weighted by Crippen LogP contribution is 2.40. The van der Waals surface area contributed by atoms with E-state index in [1.165, 1.54) is 11.6 Å². The molecular weight excluding hydrogens is 237 g/mol. The molecule has 0 aliphatic heterocycles. The topological polar surface area (TPSA) is 26.0 Å². The lowest BCUT2D eigenvalue weighted by molar-refractivity contribution is 0.534. The maximum atomic E-state index is 13.3. The Morgan fingerprint density at radius 2 is 2.05 bits per heavy atom. The minimum absolute atomic E-state index is 0.176. The average molecular weight is 255 g/mol. The molecule has 3 rings (SSSR count). The summed E-state index contributed by atoms with van der Waals surface area (Å²) in [5, 5.41) is 0. The zero-order chi connectivity index (χ0) is 13.5. The van der Waals surface area contributed by atoms with Crippen molar-refractivity contribution in [1.29, 1.82) is 0 Å². The summed E-state index contributed by atoms with van der Waals surface area (Å²) in [7, 11) is 0. The second-order valence-corrected chi connectivity index (χ2v) is 5.33. The van der Waals surface area contributed by atoms with Crippen LogP contribution in [0.1, 0.15) is 35.6 Å². The molecule has 98 valence electrons. The molecule has 1 aliphatic rings. The highest BCUT2D eigenvalue weighted by molar-refractivity contribution is 5.47. The van der Waals surface area contributed by atoms with E-state index in [-0.39, 0.29) is 5.82 Å². The van der Waals surface area contributed by atoms with Gasteiger partial charge in [0.25, 0.3) is 0 Å². The van der Waals surface area contributed by atoms with Gasteiger partial charge in [-0.1, -0.05) is 37.3 Å². The van der Waals surface area contributed by atoms with Gasteiger partial charge in [0.1, 0.15) is 5.82 Å². The van der Waals surface area contributed by atoms with E-state index in [0.29, 0.717) is 0 Å². The molecule has 2 heteroatoms. The summed E-state index contributed by atoms with van der Waals surface area (Å²) in [5.41, 5.74) is 10.7. The molecule has 0 saturated heterocycles. The zero-order valence-corrected chi connectivity index (χ0v) is 11.1. The van der Waals surface area contributed by atoms with E-state index < -0.39 is 5.54 Å². The SMILES string of the molecule is CCc1cccc(C2(N)CCc3cc(F)ccc32)c1. The summed E-state index contributed by atoms with van der Waals surface area (Å²) in [6.07, 6.45) is 2.69. The first kappa shape index (κ1) is 12.4. The van der Waals surface area contributed by atoms with Crippen LogP contribution in [0.4, 0.5) is 4.39 Å². The number of fused-ring (bicyclic) bond motifs is 1. The Kier molecular flexibility index (Phi) is 2.90. The fraction of sp³-hybridized carbons (Fsp3) is 0.294. The molecular formula is C17H18FN. The molecule has 0 amide bonds. The summed E-state index contributed by atoms with van der Waals surface area (Å²) >= 11 is 0. The Hall–Kier alpha value is -1.67. The number of nitrogens with two attached hydrogens (primary N) is 1. The molecule has 0 bridgehead atoms. The van der Waals surface area contributed by atoms with Crippen molar-refractivity contribution in [2.75, 3.05) is 0 Å². The van der Waals surface area contributed by atoms with Crippen LogP contribution in [-0.4, -0.2) is 0 Å². The number of hydrogen-bond donors (Lipinski definition) is 1. The fourth-order valence-electron chi connectivity index (χ4n) is 3.04. The van der Waals surface area contributed by atoms with Crippen LogP contribution in [0.25, 0.3) is 0 Å². The van der Waals surface area contributed by atoms with Gasteiger partial charge < -0.3 is 5.73 Å². The monoisotopic (exact) mass is 255 g/mol. The minimum Gasteiger partial charge on any atom is -0.318 e. The molecule has 0 spiro atoms. The summed E-state index contributed by atoms with van der Waals surface area (Å²) in [5.74, 6) is -0.176. The Bertz CT molecular complexity index is 620. The van der Waals surface area contributed by atoms with Crippen molar-refractivity contribution in [3.05, 3.63) is 70.5 Å². The van der Waals surface area contributed by atoms with Crippen LogP contribution < -0.4 is 5.73 Å². The molecule has 1 unspecified atom stereocenters. The third-order valence-corrected chi connectivity index (χ3v) is 4.19. The van der Waals surface area contributed by atoms with Gasteiger partial charge >= 0.3 is 0 Å².